The van der Waals surface area contributed by atoms with Crippen LogP contribution < -0.4 is 14.9 Å². The van der Waals surface area contributed by atoms with Gasteiger partial charge in [0.2, 0.25) is 5.76 Å². The van der Waals surface area contributed by atoms with Gasteiger partial charge in [-0.05, 0) is 57.9 Å². The van der Waals surface area contributed by atoms with Gasteiger partial charge in [0.05, 0.1) is 25.2 Å². The molecule has 3 rings (SSSR count). The van der Waals surface area contributed by atoms with E-state index in [2.05, 4.69) is 31.4 Å². The van der Waals surface area contributed by atoms with E-state index in [4.69, 9.17) is 13.9 Å². The molecule has 8 nitrogen and oxygen atoms in total. The van der Waals surface area contributed by atoms with Crippen molar-refractivity contribution in [2.24, 2.45) is 5.10 Å². The van der Waals surface area contributed by atoms with Gasteiger partial charge < -0.3 is 13.9 Å². The zero-order valence-electron chi connectivity index (χ0n) is 14.6. The Morgan fingerprint density at radius 2 is 2.07 bits per heavy atom. The Hall–Kier alpha value is -3.46. The molecule has 9 heteroatoms. The molecule has 0 bridgehead atoms. The smallest absolute Gasteiger partial charge is 0.379 e. The van der Waals surface area contributed by atoms with Gasteiger partial charge in [-0.3, -0.25) is 9.78 Å². The van der Waals surface area contributed by atoms with Crippen molar-refractivity contribution < 1.29 is 23.5 Å². The van der Waals surface area contributed by atoms with E-state index in [1.165, 1.54) is 31.9 Å². The highest BCUT2D eigenvalue weighted by atomic mass is 79.9. The first-order valence-electron chi connectivity index (χ1n) is 7.94. The molecule has 0 saturated heterocycles. The monoisotopic (exact) mass is 443 g/mol. The molecule has 0 fully saturated rings. The van der Waals surface area contributed by atoms with E-state index in [-0.39, 0.29) is 11.5 Å². The van der Waals surface area contributed by atoms with Crippen LogP contribution in [0.25, 0.3) is 0 Å². The van der Waals surface area contributed by atoms with Crippen LogP contribution in [0.2, 0.25) is 0 Å². The normalized spacial score (nSPS) is 10.6. The summed E-state index contributed by atoms with van der Waals surface area (Å²) >= 11 is 3.25. The summed E-state index contributed by atoms with van der Waals surface area (Å²) in [7, 11) is 1.45. The second-order valence-electron chi connectivity index (χ2n) is 5.37. The number of carbonyl (C=O) groups is 2. The molecule has 2 aromatic heterocycles. The topological polar surface area (TPSA) is 103 Å². The molecule has 0 unspecified atom stereocenters. The van der Waals surface area contributed by atoms with E-state index >= 15 is 0 Å². The van der Waals surface area contributed by atoms with Gasteiger partial charge in [-0.2, -0.15) is 5.10 Å². The molecule has 1 N–H and O–H groups in total. The quantitative estimate of drug-likeness (QED) is 0.271. The van der Waals surface area contributed by atoms with Gasteiger partial charge in [-0.15, -0.1) is 0 Å². The molecule has 142 valence electrons. The molecule has 0 aliphatic rings. The Morgan fingerprint density at radius 1 is 1.21 bits per heavy atom. The maximum Gasteiger partial charge on any atom is 0.379 e. The lowest BCUT2D eigenvalue weighted by Crippen LogP contribution is -2.17. The standard InChI is InChI=1S/C19H14BrN3O5/c1-26-17-7-12(4-5-15(17)28-19(25)16-3-2-6-27-16)9-22-23-18(24)13-8-14(20)11-21-10-13/h2-11H,1H3,(H,23,24). The number of carbonyl (C=O) groups excluding carboxylic acids is 2. The van der Waals surface area contributed by atoms with Crippen LogP contribution in [0.15, 0.2) is 69.0 Å². The van der Waals surface area contributed by atoms with Crippen molar-refractivity contribution in [1.29, 1.82) is 0 Å². The van der Waals surface area contributed by atoms with E-state index in [0.717, 1.165) is 0 Å². The molecular formula is C19H14BrN3O5. The zero-order chi connectivity index (χ0) is 19.9. The summed E-state index contributed by atoms with van der Waals surface area (Å²) in [5, 5.41) is 3.91. The minimum Gasteiger partial charge on any atom is -0.493 e. The van der Waals surface area contributed by atoms with Crippen LogP contribution in [-0.2, 0) is 0 Å². The number of methoxy groups -OCH3 is 1. The molecule has 0 saturated carbocycles. The molecule has 0 radical (unpaired) electrons. The van der Waals surface area contributed by atoms with Crippen molar-refractivity contribution in [3.8, 4) is 11.5 Å². The predicted octanol–water partition coefficient (Wildman–Crippen LogP) is 3.43. The molecule has 1 aromatic carbocycles. The van der Waals surface area contributed by atoms with E-state index in [1.54, 1.807) is 36.5 Å². The average molecular weight is 444 g/mol. The Balaban J connectivity index is 1.67. The van der Waals surface area contributed by atoms with Crippen LogP contribution in [0, 0.1) is 0 Å². The number of hydrogen-bond acceptors (Lipinski definition) is 7. The van der Waals surface area contributed by atoms with Crippen LogP contribution >= 0.6 is 15.9 Å². The Morgan fingerprint density at radius 3 is 2.79 bits per heavy atom. The fourth-order valence-electron chi connectivity index (χ4n) is 2.16. The number of furan rings is 1. The van der Waals surface area contributed by atoms with Crippen molar-refractivity contribution in [3.63, 3.8) is 0 Å². The third-order valence-electron chi connectivity index (χ3n) is 3.46. The highest BCUT2D eigenvalue weighted by Crippen LogP contribution is 2.28. The summed E-state index contributed by atoms with van der Waals surface area (Å²) in [6.45, 7) is 0. The molecule has 2 heterocycles. The average Bonchev–Trinajstić information content (AvgIpc) is 3.24. The largest absolute Gasteiger partial charge is 0.493 e. The number of benzene rings is 1. The lowest BCUT2D eigenvalue weighted by atomic mass is 10.2. The van der Waals surface area contributed by atoms with Crippen LogP contribution in [-0.4, -0.2) is 30.2 Å². The van der Waals surface area contributed by atoms with Gasteiger partial charge in [0.25, 0.3) is 5.91 Å². The van der Waals surface area contributed by atoms with Gasteiger partial charge in [0.15, 0.2) is 11.5 Å². The summed E-state index contributed by atoms with van der Waals surface area (Å²) in [5.74, 6) is -0.408. The number of hydrazone groups is 1. The summed E-state index contributed by atoms with van der Waals surface area (Å²) in [5.41, 5.74) is 3.40. The first kappa shape index (κ1) is 19.3. The molecular weight excluding hydrogens is 430 g/mol. The lowest BCUT2D eigenvalue weighted by Gasteiger charge is -2.09. The minimum absolute atomic E-state index is 0.0810. The van der Waals surface area contributed by atoms with Crippen molar-refractivity contribution in [2.45, 2.75) is 0 Å². The zero-order valence-corrected chi connectivity index (χ0v) is 16.2. The van der Waals surface area contributed by atoms with Gasteiger partial charge >= 0.3 is 5.97 Å². The number of amides is 1. The molecule has 3 aromatic rings. The van der Waals surface area contributed by atoms with E-state index < -0.39 is 11.9 Å². The van der Waals surface area contributed by atoms with E-state index in [9.17, 15) is 9.59 Å². The third-order valence-corrected chi connectivity index (χ3v) is 3.89. The highest BCUT2D eigenvalue weighted by Gasteiger charge is 2.15. The van der Waals surface area contributed by atoms with Crippen LogP contribution in [0.4, 0.5) is 0 Å². The molecule has 0 aliphatic carbocycles. The molecule has 0 aliphatic heterocycles. The van der Waals surface area contributed by atoms with Crippen molar-refractivity contribution in [3.05, 3.63) is 76.4 Å². The third kappa shape index (κ3) is 4.83. The van der Waals surface area contributed by atoms with Gasteiger partial charge in [0, 0.05) is 16.9 Å². The minimum atomic E-state index is -0.639. The molecule has 0 atom stereocenters. The van der Waals surface area contributed by atoms with Crippen LogP contribution in [0.3, 0.4) is 0 Å². The Labute approximate surface area is 168 Å². The summed E-state index contributed by atoms with van der Waals surface area (Å²) in [4.78, 5) is 27.9. The highest BCUT2D eigenvalue weighted by molar-refractivity contribution is 9.10. The maximum atomic E-state index is 12.0. The molecule has 1 amide bonds. The lowest BCUT2D eigenvalue weighted by molar-refractivity contribution is 0.0696. The summed E-state index contributed by atoms with van der Waals surface area (Å²) < 4.78 is 16.2. The predicted molar refractivity (Wildman–Crippen MR) is 104 cm³/mol. The van der Waals surface area contributed by atoms with Gasteiger partial charge in [0.1, 0.15) is 0 Å². The summed E-state index contributed by atoms with van der Waals surface area (Å²) in [6.07, 6.45) is 5.82. The van der Waals surface area contributed by atoms with Gasteiger partial charge in [-0.1, -0.05) is 0 Å². The first-order chi connectivity index (χ1) is 13.6. The Bertz CT molecular complexity index is 1020. The van der Waals surface area contributed by atoms with Crippen LogP contribution in [0.1, 0.15) is 26.5 Å². The SMILES string of the molecule is COc1cc(C=NNC(=O)c2cncc(Br)c2)ccc1OC(=O)c1ccco1. The number of esters is 1. The second-order valence-corrected chi connectivity index (χ2v) is 6.28. The van der Waals surface area contributed by atoms with Crippen molar-refractivity contribution in [1.82, 2.24) is 10.4 Å². The number of hydrogen-bond donors (Lipinski definition) is 1. The first-order valence-corrected chi connectivity index (χ1v) is 8.74. The Kier molecular flexibility index (Phi) is 6.18. The van der Waals surface area contributed by atoms with Crippen molar-refractivity contribution >= 4 is 34.0 Å². The maximum absolute atomic E-state index is 12.0. The summed E-state index contributed by atoms with van der Waals surface area (Å²) in [6, 6.07) is 9.54. The number of nitrogens with zero attached hydrogens (tertiary/aromatic N) is 2. The number of ether oxygens (including phenoxy) is 2. The fourth-order valence-corrected chi connectivity index (χ4v) is 2.52. The number of rotatable bonds is 6. The van der Waals surface area contributed by atoms with Crippen molar-refractivity contribution in [2.75, 3.05) is 7.11 Å². The number of aromatic nitrogens is 1. The molecule has 28 heavy (non-hydrogen) atoms. The fraction of sp³-hybridized carbons (Fsp3) is 0.0526. The number of pyridine rings is 1. The van der Waals surface area contributed by atoms with E-state index in [0.29, 0.717) is 21.3 Å². The van der Waals surface area contributed by atoms with E-state index in [1.807, 2.05) is 0 Å². The van der Waals surface area contributed by atoms with Gasteiger partial charge in [-0.25, -0.2) is 10.2 Å². The second kappa shape index (κ2) is 8.96. The van der Waals surface area contributed by atoms with Crippen LogP contribution in [0.5, 0.6) is 11.5 Å². The number of nitrogens with one attached hydrogen (secondary N) is 1. The number of halogens is 1. The molecule has 0 spiro atoms.